The number of benzene rings is 1. The average molecular weight is 389 g/mol. The summed E-state index contributed by atoms with van der Waals surface area (Å²) in [6.45, 7) is 13.9. The van der Waals surface area contributed by atoms with Crippen LogP contribution in [0, 0.1) is 23.7 Å². The molecule has 29 heavy (non-hydrogen) atoms. The highest BCUT2D eigenvalue weighted by atomic mass is 14.8. The molecule has 1 N–H and O–H groups in total. The van der Waals surface area contributed by atoms with Crippen LogP contribution in [-0.4, -0.2) is 12.8 Å². The molecule has 1 aromatic rings. The Morgan fingerprint density at radius 1 is 1.24 bits per heavy atom. The topological polar surface area (TPSA) is 24.4 Å². The van der Waals surface area contributed by atoms with Crippen molar-refractivity contribution >= 4 is 5.71 Å². The van der Waals surface area contributed by atoms with Gasteiger partial charge in [-0.2, -0.15) is 0 Å². The molecule has 1 fully saturated rings. The molecule has 2 nitrogen and oxygen atoms in total. The van der Waals surface area contributed by atoms with E-state index in [1.54, 1.807) is 0 Å². The van der Waals surface area contributed by atoms with Crippen LogP contribution >= 0.6 is 0 Å². The highest BCUT2D eigenvalue weighted by Crippen LogP contribution is 2.35. The van der Waals surface area contributed by atoms with Gasteiger partial charge in [0.2, 0.25) is 0 Å². The second kappa shape index (κ2) is 13.4. The molecule has 1 atom stereocenters. The molecule has 1 aliphatic rings. The van der Waals surface area contributed by atoms with Crippen molar-refractivity contribution in [2.24, 2.45) is 16.8 Å². The largest absolute Gasteiger partial charge is 0.391 e. The fourth-order valence-corrected chi connectivity index (χ4v) is 2.75. The van der Waals surface area contributed by atoms with Gasteiger partial charge in [-0.25, -0.2) is 0 Å². The Morgan fingerprint density at radius 3 is 2.38 bits per heavy atom. The van der Waals surface area contributed by atoms with Gasteiger partial charge in [-0.05, 0) is 70.1 Å². The smallest absolute Gasteiger partial charge is 0.0445 e. The van der Waals surface area contributed by atoms with Crippen molar-refractivity contribution in [2.75, 3.05) is 7.05 Å². The van der Waals surface area contributed by atoms with Gasteiger partial charge in [0.25, 0.3) is 0 Å². The summed E-state index contributed by atoms with van der Waals surface area (Å²) in [6.07, 6.45) is 10.8. The first-order valence-electron chi connectivity index (χ1n) is 10.3. The molecular formula is C27H36N2. The lowest BCUT2D eigenvalue weighted by atomic mass is 10.1. The standard InChI is InChI=1S/C16H19N.C11H17N/c1-5-9-16(13(2)3)12-17-14(4)15-10-7-6-8-11-15;1-4-5-9(2)8-11(12-3)10-6-7-10/h5-12H,2H2,1,3-4H3;8-10,12H,6-7H2,1-3H3/b9-5+,16-12-,17-14?;11-8-. The summed E-state index contributed by atoms with van der Waals surface area (Å²) in [5.74, 6) is 7.25. The molecule has 0 spiro atoms. The zero-order valence-electron chi connectivity index (χ0n) is 18.9. The van der Waals surface area contributed by atoms with E-state index in [1.165, 1.54) is 18.5 Å². The normalized spacial score (nSPS) is 15.7. The molecular weight excluding hydrogens is 352 g/mol. The van der Waals surface area contributed by atoms with E-state index in [0.29, 0.717) is 5.92 Å². The quantitative estimate of drug-likeness (QED) is 0.314. The summed E-state index contributed by atoms with van der Waals surface area (Å²) in [7, 11) is 2.00. The van der Waals surface area contributed by atoms with Gasteiger partial charge in [0, 0.05) is 30.6 Å². The maximum absolute atomic E-state index is 4.48. The van der Waals surface area contributed by atoms with E-state index >= 15 is 0 Å². The first kappa shape index (κ1) is 24.2. The van der Waals surface area contributed by atoms with Crippen molar-refractivity contribution in [1.82, 2.24) is 5.32 Å². The summed E-state index contributed by atoms with van der Waals surface area (Å²) in [5.41, 5.74) is 5.61. The molecule has 2 heteroatoms. The summed E-state index contributed by atoms with van der Waals surface area (Å²) in [6, 6.07) is 10.2. The van der Waals surface area contributed by atoms with Crippen LogP contribution in [0.3, 0.4) is 0 Å². The molecule has 0 aliphatic heterocycles. The lowest BCUT2D eigenvalue weighted by molar-refractivity contribution is 0.809. The SMILES string of the molecule is C=C(C)C(=C\N=C(C)c1ccccc1)/C=C/C.CC#CC(C)/C=C(\NC)C1CC1. The molecule has 2 rings (SSSR count). The first-order valence-corrected chi connectivity index (χ1v) is 10.3. The van der Waals surface area contributed by atoms with Crippen molar-refractivity contribution in [3.05, 3.63) is 83.7 Å². The van der Waals surface area contributed by atoms with Crippen LogP contribution in [0.25, 0.3) is 0 Å². The number of allylic oxidation sites excluding steroid dienone is 6. The number of nitrogens with one attached hydrogen (secondary N) is 1. The van der Waals surface area contributed by atoms with E-state index in [9.17, 15) is 0 Å². The van der Waals surface area contributed by atoms with E-state index in [-0.39, 0.29) is 0 Å². The van der Waals surface area contributed by atoms with Gasteiger partial charge in [-0.1, -0.05) is 61.1 Å². The molecule has 0 heterocycles. The van der Waals surface area contributed by atoms with Crippen molar-refractivity contribution in [3.8, 4) is 11.8 Å². The zero-order chi connectivity index (χ0) is 21.6. The Balaban J connectivity index is 0.000000308. The highest BCUT2D eigenvalue weighted by molar-refractivity contribution is 5.99. The predicted octanol–water partition coefficient (Wildman–Crippen LogP) is 6.69. The molecule has 0 amide bonds. The fourth-order valence-electron chi connectivity index (χ4n) is 2.75. The third kappa shape index (κ3) is 9.81. The predicted molar refractivity (Wildman–Crippen MR) is 129 cm³/mol. The highest BCUT2D eigenvalue weighted by Gasteiger charge is 2.25. The summed E-state index contributed by atoms with van der Waals surface area (Å²) >= 11 is 0. The summed E-state index contributed by atoms with van der Waals surface area (Å²) in [4.78, 5) is 4.48. The van der Waals surface area contributed by atoms with Crippen LogP contribution in [0.15, 0.2) is 83.2 Å². The Labute approximate surface area is 178 Å². The second-order valence-corrected chi connectivity index (χ2v) is 7.27. The summed E-state index contributed by atoms with van der Waals surface area (Å²) < 4.78 is 0. The minimum Gasteiger partial charge on any atom is -0.391 e. The van der Waals surface area contributed by atoms with Crippen LogP contribution in [0.2, 0.25) is 0 Å². The Bertz CT molecular complexity index is 822. The number of hydrogen-bond acceptors (Lipinski definition) is 2. The van der Waals surface area contributed by atoms with E-state index < -0.39 is 0 Å². The van der Waals surface area contributed by atoms with Crippen molar-refractivity contribution in [1.29, 1.82) is 0 Å². The molecule has 1 aromatic carbocycles. The van der Waals surface area contributed by atoms with E-state index in [2.05, 4.69) is 53.9 Å². The van der Waals surface area contributed by atoms with Crippen molar-refractivity contribution < 1.29 is 0 Å². The maximum Gasteiger partial charge on any atom is 0.0445 e. The third-order valence-corrected chi connectivity index (χ3v) is 4.54. The zero-order valence-corrected chi connectivity index (χ0v) is 18.9. The number of aliphatic imine (C=N–C) groups is 1. The number of nitrogens with zero attached hydrogens (tertiary/aromatic N) is 1. The van der Waals surface area contributed by atoms with Crippen molar-refractivity contribution in [3.63, 3.8) is 0 Å². The first-order chi connectivity index (χ1) is 13.9. The number of hydrogen-bond donors (Lipinski definition) is 1. The third-order valence-electron chi connectivity index (χ3n) is 4.54. The van der Waals surface area contributed by atoms with E-state index in [4.69, 9.17) is 0 Å². The number of rotatable bonds is 7. The summed E-state index contributed by atoms with van der Waals surface area (Å²) in [5, 5.41) is 3.25. The lowest BCUT2D eigenvalue weighted by Gasteiger charge is -2.05. The Morgan fingerprint density at radius 2 is 1.90 bits per heavy atom. The van der Waals surface area contributed by atoms with Gasteiger partial charge >= 0.3 is 0 Å². The minimum atomic E-state index is 0.387. The van der Waals surface area contributed by atoms with Crippen LogP contribution in [-0.2, 0) is 0 Å². The molecule has 1 saturated carbocycles. The van der Waals surface area contributed by atoms with Crippen LogP contribution in [0.5, 0.6) is 0 Å². The van der Waals surface area contributed by atoms with Crippen molar-refractivity contribution in [2.45, 2.75) is 47.5 Å². The fraction of sp³-hybridized carbons (Fsp3) is 0.370. The van der Waals surface area contributed by atoms with Gasteiger partial charge in [-0.15, -0.1) is 5.92 Å². The van der Waals surface area contributed by atoms with Gasteiger partial charge in [0.1, 0.15) is 0 Å². The van der Waals surface area contributed by atoms with Crippen LogP contribution in [0.1, 0.15) is 53.0 Å². The minimum absolute atomic E-state index is 0.387. The van der Waals surface area contributed by atoms with E-state index in [0.717, 1.165) is 28.3 Å². The van der Waals surface area contributed by atoms with Gasteiger partial charge in [0.15, 0.2) is 0 Å². The molecule has 154 valence electrons. The molecule has 0 bridgehead atoms. The molecule has 0 aromatic heterocycles. The van der Waals surface area contributed by atoms with Gasteiger partial charge in [-0.3, -0.25) is 4.99 Å². The monoisotopic (exact) mass is 388 g/mol. The van der Waals surface area contributed by atoms with Crippen LogP contribution < -0.4 is 5.32 Å². The van der Waals surface area contributed by atoms with Gasteiger partial charge < -0.3 is 5.32 Å². The molecule has 1 unspecified atom stereocenters. The van der Waals surface area contributed by atoms with Gasteiger partial charge in [0.05, 0.1) is 0 Å². The maximum atomic E-state index is 4.48. The van der Waals surface area contributed by atoms with Crippen LogP contribution in [0.4, 0.5) is 0 Å². The molecule has 1 aliphatic carbocycles. The lowest BCUT2D eigenvalue weighted by Crippen LogP contribution is -2.08. The molecule has 0 saturated heterocycles. The second-order valence-electron chi connectivity index (χ2n) is 7.27. The molecule has 0 radical (unpaired) electrons. The Kier molecular flexibility index (Phi) is 11.2. The van der Waals surface area contributed by atoms with E-state index in [1.807, 2.05) is 71.3 Å². The Hall–Kier alpha value is -2.79. The average Bonchev–Trinajstić information content (AvgIpc) is 3.55.